The molecule has 6 N–H and O–H groups in total. The highest BCUT2D eigenvalue weighted by Crippen LogP contribution is 2.33. The second kappa shape index (κ2) is 13.7. The van der Waals surface area contributed by atoms with Crippen molar-refractivity contribution in [2.45, 2.75) is 46.9 Å². The van der Waals surface area contributed by atoms with E-state index in [0.717, 1.165) is 0 Å². The van der Waals surface area contributed by atoms with Crippen LogP contribution in [0.5, 0.6) is 0 Å². The zero-order valence-corrected chi connectivity index (χ0v) is 20.4. The van der Waals surface area contributed by atoms with Crippen LogP contribution in [0.2, 0.25) is 0 Å². The average Bonchev–Trinajstić information content (AvgIpc) is 3.11. The minimum absolute atomic E-state index is 0.241. The lowest BCUT2D eigenvalue weighted by atomic mass is 10.5. The van der Waals surface area contributed by atoms with Crippen LogP contribution < -0.4 is 32.3 Å². The van der Waals surface area contributed by atoms with Crippen LogP contribution in [0.3, 0.4) is 0 Å². The number of rotatable bonds is 8. The summed E-state index contributed by atoms with van der Waals surface area (Å²) in [5.74, 6) is -0.481. The van der Waals surface area contributed by atoms with E-state index in [1.807, 2.05) is 13.8 Å². The van der Waals surface area contributed by atoms with E-state index in [0.29, 0.717) is 32.0 Å². The van der Waals surface area contributed by atoms with Gasteiger partial charge in [-0.05, 0) is 52.1 Å². The number of thiocarbonyl (C=S) groups is 2. The van der Waals surface area contributed by atoms with Crippen LogP contribution in [0.4, 0.5) is 0 Å². The average molecular weight is 497 g/mol. The molecule has 0 radical (unpaired) electrons. The van der Waals surface area contributed by atoms with Crippen LogP contribution in [0.1, 0.15) is 27.7 Å². The molecule has 1 rings (SSSR count). The maximum atomic E-state index is 12.1. The molecule has 0 aliphatic carbocycles. The molecule has 0 saturated carbocycles. The van der Waals surface area contributed by atoms with Gasteiger partial charge in [-0.3, -0.25) is 31.3 Å². The number of nitrogens with one attached hydrogen (secondary N) is 6. The van der Waals surface area contributed by atoms with Crippen molar-refractivity contribution >= 4 is 81.3 Å². The Hall–Kier alpha value is -1.42. The van der Waals surface area contributed by atoms with Crippen molar-refractivity contribution < 1.29 is 9.59 Å². The van der Waals surface area contributed by atoms with Gasteiger partial charge in [-0.15, -0.1) is 10.2 Å². The zero-order chi connectivity index (χ0) is 21.8. The van der Waals surface area contributed by atoms with Gasteiger partial charge in [0.25, 0.3) is 11.8 Å². The first-order valence-electron chi connectivity index (χ1n) is 8.60. The first kappa shape index (κ1) is 25.6. The molecule has 0 spiro atoms. The fourth-order valence-electron chi connectivity index (χ4n) is 1.55. The monoisotopic (exact) mass is 496 g/mol. The van der Waals surface area contributed by atoms with Crippen molar-refractivity contribution in [1.82, 2.24) is 42.5 Å². The van der Waals surface area contributed by atoms with Crippen molar-refractivity contribution in [3.05, 3.63) is 0 Å². The first-order valence-corrected chi connectivity index (χ1v) is 12.0. The SMILES string of the molecule is CCNC(=S)NNC(=O)C(C)Sc1nnc(SC(C)C(=O)NNC(=S)NCC)s1. The zero-order valence-electron chi connectivity index (χ0n) is 16.3. The molecule has 0 saturated heterocycles. The van der Waals surface area contributed by atoms with E-state index >= 15 is 0 Å². The Morgan fingerprint density at radius 3 is 1.59 bits per heavy atom. The molecule has 15 heteroatoms. The van der Waals surface area contributed by atoms with Gasteiger partial charge in [0, 0.05) is 13.1 Å². The predicted molar refractivity (Wildman–Crippen MR) is 126 cm³/mol. The summed E-state index contributed by atoms with van der Waals surface area (Å²) in [6, 6.07) is 0. The highest BCUT2D eigenvalue weighted by Gasteiger charge is 2.20. The van der Waals surface area contributed by atoms with E-state index in [-0.39, 0.29) is 11.8 Å². The van der Waals surface area contributed by atoms with E-state index < -0.39 is 10.5 Å². The van der Waals surface area contributed by atoms with Crippen molar-refractivity contribution in [2.24, 2.45) is 0 Å². The van der Waals surface area contributed by atoms with Crippen LogP contribution in [0.25, 0.3) is 0 Å². The molecule has 1 heterocycles. The number of nitrogens with zero attached hydrogens (tertiary/aromatic N) is 2. The lowest BCUT2D eigenvalue weighted by molar-refractivity contribution is -0.121. The van der Waals surface area contributed by atoms with Crippen LogP contribution >= 0.6 is 59.3 Å². The molecule has 0 aromatic carbocycles. The van der Waals surface area contributed by atoms with Gasteiger partial charge in [-0.1, -0.05) is 34.9 Å². The van der Waals surface area contributed by atoms with Gasteiger partial charge in [0.1, 0.15) is 0 Å². The van der Waals surface area contributed by atoms with Gasteiger partial charge in [-0.2, -0.15) is 0 Å². The molecule has 0 aliphatic heterocycles. The molecule has 29 heavy (non-hydrogen) atoms. The second-order valence-corrected chi connectivity index (χ2v) is 10.3. The van der Waals surface area contributed by atoms with E-state index in [4.69, 9.17) is 24.4 Å². The van der Waals surface area contributed by atoms with Gasteiger partial charge in [0.2, 0.25) is 0 Å². The standard InChI is InChI=1S/C14H24N8O2S5/c1-5-15-11(25)19-17-9(23)7(3)27-13-21-22-14(29-13)28-8(4)10(24)18-20-12(26)16-6-2/h7-8H,5-6H2,1-4H3,(H,17,23)(H,18,24)(H2,15,19,25)(H2,16,20,26). The maximum absolute atomic E-state index is 12.1. The number of amides is 2. The van der Waals surface area contributed by atoms with Gasteiger partial charge in [0.05, 0.1) is 10.5 Å². The van der Waals surface area contributed by atoms with E-state index in [9.17, 15) is 9.59 Å². The van der Waals surface area contributed by atoms with E-state index in [1.165, 1.54) is 34.9 Å². The normalized spacial score (nSPS) is 12.3. The quantitative estimate of drug-likeness (QED) is 0.170. The molecule has 0 aliphatic rings. The van der Waals surface area contributed by atoms with E-state index in [2.05, 4.69) is 42.5 Å². The number of thioether (sulfide) groups is 2. The molecule has 2 atom stereocenters. The summed E-state index contributed by atoms with van der Waals surface area (Å²) < 4.78 is 1.26. The van der Waals surface area contributed by atoms with Gasteiger partial charge in [0.15, 0.2) is 18.9 Å². The van der Waals surface area contributed by atoms with Gasteiger partial charge < -0.3 is 10.6 Å². The maximum Gasteiger partial charge on any atom is 0.251 e. The van der Waals surface area contributed by atoms with Gasteiger partial charge in [-0.25, -0.2) is 0 Å². The Morgan fingerprint density at radius 2 is 1.24 bits per heavy atom. The van der Waals surface area contributed by atoms with Crippen molar-refractivity contribution in [1.29, 1.82) is 0 Å². The van der Waals surface area contributed by atoms with Crippen molar-refractivity contribution in [3.8, 4) is 0 Å². The Labute approximate surface area is 192 Å². The third-order valence-electron chi connectivity index (χ3n) is 2.95. The smallest absolute Gasteiger partial charge is 0.251 e. The minimum atomic E-state index is -0.408. The van der Waals surface area contributed by atoms with Crippen LogP contribution in [0, 0.1) is 0 Å². The van der Waals surface area contributed by atoms with Gasteiger partial charge >= 0.3 is 0 Å². The molecule has 0 fully saturated rings. The Bertz CT molecular complexity index is 659. The minimum Gasteiger partial charge on any atom is -0.362 e. The third kappa shape index (κ3) is 10.3. The molecule has 10 nitrogen and oxygen atoms in total. The summed E-state index contributed by atoms with van der Waals surface area (Å²) >= 11 is 13.8. The van der Waals surface area contributed by atoms with Crippen LogP contribution in [-0.4, -0.2) is 55.8 Å². The van der Waals surface area contributed by atoms with E-state index in [1.54, 1.807) is 13.8 Å². The molecule has 1 aromatic rings. The highest BCUT2D eigenvalue weighted by molar-refractivity contribution is 8.04. The van der Waals surface area contributed by atoms with Crippen molar-refractivity contribution in [2.75, 3.05) is 13.1 Å². The summed E-state index contributed by atoms with van der Waals surface area (Å²) in [5, 5.41) is 13.8. The number of hydrogen-bond donors (Lipinski definition) is 6. The largest absolute Gasteiger partial charge is 0.362 e. The molecule has 2 unspecified atom stereocenters. The summed E-state index contributed by atoms with van der Waals surface area (Å²) in [6.07, 6.45) is 0. The number of carbonyl (C=O) groups is 2. The van der Waals surface area contributed by atoms with Crippen LogP contribution in [-0.2, 0) is 9.59 Å². The fraction of sp³-hybridized carbons (Fsp3) is 0.571. The molecule has 2 amide bonds. The Kier molecular flexibility index (Phi) is 12.1. The molecular formula is C14H24N8O2S5. The Balaban J connectivity index is 2.44. The fourth-order valence-corrected chi connectivity index (χ4v) is 5.25. The van der Waals surface area contributed by atoms with Crippen LogP contribution in [0.15, 0.2) is 8.68 Å². The molecule has 162 valence electrons. The third-order valence-corrected chi connectivity index (χ3v) is 6.74. The highest BCUT2D eigenvalue weighted by atomic mass is 32.2. The predicted octanol–water partition coefficient (Wildman–Crippen LogP) is 0.530. The number of hydrogen-bond acceptors (Lipinski definition) is 9. The number of hydrazine groups is 2. The number of carbonyl (C=O) groups excluding carboxylic acids is 2. The summed E-state index contributed by atoms with van der Waals surface area (Å²) in [5.41, 5.74) is 10.3. The summed E-state index contributed by atoms with van der Waals surface area (Å²) in [4.78, 5) is 24.2. The second-order valence-electron chi connectivity index (χ2n) is 5.30. The summed E-state index contributed by atoms with van der Waals surface area (Å²) in [7, 11) is 0. The Morgan fingerprint density at radius 1 is 0.862 bits per heavy atom. The summed E-state index contributed by atoms with van der Waals surface area (Å²) in [6.45, 7) is 8.62. The molecular weight excluding hydrogens is 473 g/mol. The first-order chi connectivity index (χ1) is 13.8. The molecule has 0 bridgehead atoms. The number of aromatic nitrogens is 2. The lowest BCUT2D eigenvalue weighted by Crippen LogP contribution is -2.48. The molecule has 1 aromatic heterocycles. The van der Waals surface area contributed by atoms with Crippen molar-refractivity contribution in [3.63, 3.8) is 0 Å². The lowest BCUT2D eigenvalue weighted by Gasteiger charge is -2.13. The topological polar surface area (TPSA) is 132 Å².